The minimum absolute atomic E-state index is 0.0813. The van der Waals surface area contributed by atoms with Crippen molar-refractivity contribution < 1.29 is 24.8 Å². The molecular formula is C13H18N6O7. The lowest BCUT2D eigenvalue weighted by Gasteiger charge is -2.15. The lowest BCUT2D eigenvalue weighted by molar-refractivity contribution is -0.0528. The minimum atomic E-state index is -1.52. The van der Waals surface area contributed by atoms with Crippen LogP contribution in [0, 0.1) is 0 Å². The molecule has 26 heavy (non-hydrogen) atoms. The van der Waals surface area contributed by atoms with Crippen LogP contribution in [0.5, 0.6) is 0 Å². The van der Waals surface area contributed by atoms with E-state index in [4.69, 9.17) is 21.1 Å². The lowest BCUT2D eigenvalue weighted by Crippen LogP contribution is -2.36. The maximum Gasteiger partial charge on any atom is 0.332 e. The van der Waals surface area contributed by atoms with E-state index in [2.05, 4.69) is 4.98 Å². The molecule has 2 aromatic heterocycles. The Morgan fingerprint density at radius 3 is 2.54 bits per heavy atom. The van der Waals surface area contributed by atoms with Gasteiger partial charge in [0.1, 0.15) is 18.3 Å². The average molecular weight is 370 g/mol. The van der Waals surface area contributed by atoms with E-state index in [1.807, 2.05) is 0 Å². The van der Waals surface area contributed by atoms with Crippen molar-refractivity contribution >= 4 is 17.1 Å². The SMILES string of the molecule is Nc1nc2c(c(=O)n1N)n(CC1CO1)c(=O)n2[C@@H]1O[C@H](CO)[C@@H](O)[C@H]1O. The number of fused-ring (bicyclic) bond motifs is 1. The van der Waals surface area contributed by atoms with Crippen LogP contribution in [-0.2, 0) is 16.0 Å². The number of hydrogen-bond donors (Lipinski definition) is 5. The van der Waals surface area contributed by atoms with E-state index in [-0.39, 0.29) is 29.8 Å². The van der Waals surface area contributed by atoms with Crippen LogP contribution in [0.25, 0.3) is 11.2 Å². The maximum atomic E-state index is 12.9. The zero-order valence-corrected chi connectivity index (χ0v) is 13.4. The van der Waals surface area contributed by atoms with Gasteiger partial charge in [-0.25, -0.2) is 9.36 Å². The van der Waals surface area contributed by atoms with Crippen molar-refractivity contribution in [1.82, 2.24) is 18.8 Å². The van der Waals surface area contributed by atoms with Crippen LogP contribution >= 0.6 is 0 Å². The fourth-order valence-electron chi connectivity index (χ4n) is 3.12. The van der Waals surface area contributed by atoms with Gasteiger partial charge in [-0.15, -0.1) is 0 Å². The molecule has 1 unspecified atom stereocenters. The highest BCUT2D eigenvalue weighted by Gasteiger charge is 2.45. The molecule has 4 rings (SSSR count). The summed E-state index contributed by atoms with van der Waals surface area (Å²) in [6.45, 7) is -0.0483. The third-order valence-electron chi connectivity index (χ3n) is 4.60. The molecule has 0 aliphatic carbocycles. The van der Waals surface area contributed by atoms with Gasteiger partial charge in [-0.05, 0) is 0 Å². The van der Waals surface area contributed by atoms with Crippen molar-refractivity contribution in [2.24, 2.45) is 0 Å². The summed E-state index contributed by atoms with van der Waals surface area (Å²) in [7, 11) is 0. The van der Waals surface area contributed by atoms with Gasteiger partial charge in [0.15, 0.2) is 17.4 Å². The Hall–Kier alpha value is -2.45. The summed E-state index contributed by atoms with van der Waals surface area (Å²) in [4.78, 5) is 29.4. The molecule has 13 nitrogen and oxygen atoms in total. The lowest BCUT2D eigenvalue weighted by atomic mass is 10.1. The predicted molar refractivity (Wildman–Crippen MR) is 85.6 cm³/mol. The molecule has 0 bridgehead atoms. The van der Waals surface area contributed by atoms with Gasteiger partial charge in [-0.3, -0.25) is 9.36 Å². The fraction of sp³-hybridized carbons (Fsp3) is 0.615. The molecule has 5 atom stereocenters. The molecule has 2 aliphatic rings. The normalized spacial score (nSPS) is 31.0. The molecule has 2 fully saturated rings. The second-order valence-electron chi connectivity index (χ2n) is 6.26. The number of epoxide rings is 1. The Morgan fingerprint density at radius 1 is 1.27 bits per heavy atom. The van der Waals surface area contributed by atoms with Gasteiger partial charge in [0.2, 0.25) is 5.95 Å². The summed E-state index contributed by atoms with van der Waals surface area (Å²) in [5.41, 5.74) is 3.90. The summed E-state index contributed by atoms with van der Waals surface area (Å²) in [5, 5.41) is 29.5. The van der Waals surface area contributed by atoms with E-state index < -0.39 is 42.4 Å². The first-order valence-corrected chi connectivity index (χ1v) is 7.87. The summed E-state index contributed by atoms with van der Waals surface area (Å²) in [5.74, 6) is 5.23. The highest BCUT2D eigenvalue weighted by molar-refractivity contribution is 5.72. The van der Waals surface area contributed by atoms with E-state index in [0.717, 1.165) is 9.13 Å². The molecule has 2 aliphatic heterocycles. The van der Waals surface area contributed by atoms with E-state index in [9.17, 15) is 24.9 Å². The van der Waals surface area contributed by atoms with Gasteiger partial charge >= 0.3 is 5.69 Å². The number of rotatable bonds is 4. The summed E-state index contributed by atoms with van der Waals surface area (Å²) >= 11 is 0. The molecule has 13 heteroatoms. The van der Waals surface area contributed by atoms with E-state index >= 15 is 0 Å². The second-order valence-corrected chi connectivity index (χ2v) is 6.26. The van der Waals surface area contributed by atoms with Crippen LogP contribution in [0.15, 0.2) is 9.59 Å². The highest BCUT2D eigenvalue weighted by atomic mass is 16.6. The van der Waals surface area contributed by atoms with Crippen LogP contribution in [0.2, 0.25) is 0 Å². The quantitative estimate of drug-likeness (QED) is 0.259. The van der Waals surface area contributed by atoms with E-state index in [1.165, 1.54) is 0 Å². The van der Waals surface area contributed by atoms with Gasteiger partial charge < -0.3 is 36.4 Å². The van der Waals surface area contributed by atoms with Gasteiger partial charge in [0.25, 0.3) is 5.56 Å². The number of aliphatic hydroxyl groups excluding tert-OH is 3. The second kappa shape index (κ2) is 5.78. The topological polar surface area (TPSA) is 196 Å². The number of aliphatic hydroxyl groups is 3. The summed E-state index contributed by atoms with van der Waals surface area (Å²) in [6.07, 6.45) is -5.64. The van der Waals surface area contributed by atoms with Crippen molar-refractivity contribution in [2.45, 2.75) is 37.2 Å². The molecule has 0 saturated carbocycles. The van der Waals surface area contributed by atoms with E-state index in [0.29, 0.717) is 11.3 Å². The van der Waals surface area contributed by atoms with Gasteiger partial charge in [-0.1, -0.05) is 0 Å². The Balaban J connectivity index is 1.96. The highest BCUT2D eigenvalue weighted by Crippen LogP contribution is 2.30. The van der Waals surface area contributed by atoms with Crippen molar-refractivity contribution in [1.29, 1.82) is 0 Å². The number of nitrogen functional groups attached to an aromatic ring is 2. The monoisotopic (exact) mass is 370 g/mol. The van der Waals surface area contributed by atoms with Crippen LogP contribution in [0.4, 0.5) is 5.95 Å². The first-order valence-electron chi connectivity index (χ1n) is 7.87. The first kappa shape index (κ1) is 17.0. The summed E-state index contributed by atoms with van der Waals surface area (Å²) < 4.78 is 13.2. The largest absolute Gasteiger partial charge is 0.394 e. The standard InChI is InChI=1S/C13H18N6O7/c14-12-16-9-6(10(23)19(12)15)17(1-4-3-25-4)13(24)18(9)11-8(22)7(21)5(2-20)26-11/h4-5,7-8,11,20-22H,1-3,15H2,(H2,14,16)/t4?,5-,7-,8-,11-/m1/s1. The molecule has 4 heterocycles. The Morgan fingerprint density at radius 2 is 1.96 bits per heavy atom. The molecule has 2 saturated heterocycles. The molecule has 0 radical (unpaired) electrons. The first-order chi connectivity index (χ1) is 12.3. The summed E-state index contributed by atoms with van der Waals surface area (Å²) in [6, 6.07) is 0. The Labute approximate surface area is 144 Å². The maximum absolute atomic E-state index is 12.9. The van der Waals surface area contributed by atoms with Gasteiger partial charge in [0.05, 0.1) is 25.9 Å². The molecule has 0 amide bonds. The van der Waals surface area contributed by atoms with Crippen LogP contribution in [0.3, 0.4) is 0 Å². The Kier molecular flexibility index (Phi) is 3.78. The molecule has 0 spiro atoms. The van der Waals surface area contributed by atoms with Crippen LogP contribution in [-0.4, -0.2) is 71.7 Å². The zero-order valence-electron chi connectivity index (χ0n) is 13.4. The number of nitrogens with zero attached hydrogens (tertiary/aromatic N) is 4. The molecule has 142 valence electrons. The number of nitrogens with two attached hydrogens (primary N) is 2. The molecule has 7 N–H and O–H groups in total. The van der Waals surface area contributed by atoms with E-state index in [1.54, 1.807) is 0 Å². The molecular weight excluding hydrogens is 352 g/mol. The fourth-order valence-corrected chi connectivity index (χ4v) is 3.12. The third kappa shape index (κ3) is 2.33. The van der Waals surface area contributed by atoms with Crippen molar-refractivity contribution in [2.75, 3.05) is 24.8 Å². The predicted octanol–water partition coefficient (Wildman–Crippen LogP) is -4.33. The van der Waals surface area contributed by atoms with Crippen molar-refractivity contribution in [3.8, 4) is 0 Å². The number of imidazole rings is 1. The third-order valence-corrected chi connectivity index (χ3v) is 4.60. The average Bonchev–Trinajstić information content (AvgIpc) is 3.34. The number of anilines is 1. The van der Waals surface area contributed by atoms with Gasteiger partial charge in [0, 0.05) is 0 Å². The van der Waals surface area contributed by atoms with Crippen LogP contribution in [0.1, 0.15) is 6.23 Å². The zero-order chi connectivity index (χ0) is 18.7. The van der Waals surface area contributed by atoms with Crippen molar-refractivity contribution in [3.63, 3.8) is 0 Å². The number of aromatic nitrogens is 4. The molecule has 0 aromatic carbocycles. The van der Waals surface area contributed by atoms with Crippen LogP contribution < -0.4 is 22.8 Å². The Bertz CT molecular complexity index is 976. The molecule has 2 aromatic rings. The smallest absolute Gasteiger partial charge is 0.332 e. The van der Waals surface area contributed by atoms with Crippen molar-refractivity contribution in [3.05, 3.63) is 20.8 Å². The minimum Gasteiger partial charge on any atom is -0.394 e. The number of hydrogen-bond acceptors (Lipinski definition) is 10. The number of ether oxygens (including phenoxy) is 2. The van der Waals surface area contributed by atoms with Gasteiger partial charge in [-0.2, -0.15) is 9.66 Å².